The standard InChI is InChI=1S/C23H26N4O5.ClH/c24-22(25)17-8-6-16(7-9-17)19-12-18(13-20(28)26-11-10-21(29)30)32-23(31)27(19)14-15-4-2-1-3-5-15;/h1-9,18-19H,10-14H2,(H3,24,25)(H,26,28)(H,29,30);1H/t18-,19+;/m1./s1. The summed E-state index contributed by atoms with van der Waals surface area (Å²) in [5.74, 6) is -1.41. The Kier molecular flexibility index (Phi) is 9.23. The van der Waals surface area contributed by atoms with E-state index in [9.17, 15) is 14.4 Å². The number of nitrogen functional groups attached to an aromatic ring is 1. The molecule has 3 rings (SSSR count). The van der Waals surface area contributed by atoms with Crippen LogP contribution in [0.3, 0.4) is 0 Å². The van der Waals surface area contributed by atoms with Gasteiger partial charge in [-0.2, -0.15) is 0 Å². The lowest BCUT2D eigenvalue weighted by Gasteiger charge is -2.39. The normalized spacial score (nSPS) is 17.5. The first-order valence-electron chi connectivity index (χ1n) is 10.3. The first-order valence-corrected chi connectivity index (χ1v) is 10.3. The van der Waals surface area contributed by atoms with E-state index in [4.69, 9.17) is 21.0 Å². The maximum absolute atomic E-state index is 12.9. The van der Waals surface area contributed by atoms with Crippen LogP contribution in [-0.2, 0) is 20.9 Å². The third-order valence-electron chi connectivity index (χ3n) is 5.24. The number of nitrogens with two attached hydrogens (primary N) is 1. The lowest BCUT2D eigenvalue weighted by atomic mass is 9.94. The largest absolute Gasteiger partial charge is 0.481 e. The number of cyclic esters (lactones) is 1. The molecule has 0 spiro atoms. The van der Waals surface area contributed by atoms with Crippen LogP contribution in [0.2, 0.25) is 0 Å². The molecule has 1 aliphatic rings. The van der Waals surface area contributed by atoms with Crippen LogP contribution in [0.25, 0.3) is 0 Å². The number of benzene rings is 2. The van der Waals surface area contributed by atoms with E-state index in [-0.39, 0.29) is 49.6 Å². The predicted octanol–water partition coefficient (Wildman–Crippen LogP) is 2.83. The van der Waals surface area contributed by atoms with E-state index in [0.717, 1.165) is 11.1 Å². The fourth-order valence-corrected chi connectivity index (χ4v) is 3.63. The third kappa shape index (κ3) is 7.21. The first kappa shape index (κ1) is 25.7. The van der Waals surface area contributed by atoms with Gasteiger partial charge < -0.3 is 20.9 Å². The SMILES string of the molecule is Cl.N=C(N)c1ccc([C@@H]2C[C@H](CC(=O)NCCC(=O)O)OC(=O)N2Cc2ccccc2)cc1. The van der Waals surface area contributed by atoms with Crippen molar-refractivity contribution < 1.29 is 24.2 Å². The van der Waals surface area contributed by atoms with Gasteiger partial charge in [-0.1, -0.05) is 54.6 Å². The number of rotatable bonds is 9. The molecule has 0 saturated carbocycles. The van der Waals surface area contributed by atoms with Crippen molar-refractivity contribution in [2.24, 2.45) is 5.73 Å². The second-order valence-corrected chi connectivity index (χ2v) is 7.60. The highest BCUT2D eigenvalue weighted by Gasteiger charge is 2.37. The van der Waals surface area contributed by atoms with Crippen LogP contribution < -0.4 is 11.1 Å². The summed E-state index contributed by atoms with van der Waals surface area (Å²) in [5, 5.41) is 18.8. The van der Waals surface area contributed by atoms with Crippen molar-refractivity contribution in [1.82, 2.24) is 10.2 Å². The van der Waals surface area contributed by atoms with Crippen molar-refractivity contribution in [2.75, 3.05) is 6.54 Å². The van der Waals surface area contributed by atoms with E-state index in [1.807, 2.05) is 42.5 Å². The summed E-state index contributed by atoms with van der Waals surface area (Å²) in [6.07, 6.45) is -0.996. The van der Waals surface area contributed by atoms with Crippen LogP contribution >= 0.6 is 12.4 Å². The van der Waals surface area contributed by atoms with E-state index in [1.165, 1.54) is 0 Å². The van der Waals surface area contributed by atoms with E-state index < -0.39 is 18.2 Å². The summed E-state index contributed by atoms with van der Waals surface area (Å²) in [7, 11) is 0. The molecule has 5 N–H and O–H groups in total. The van der Waals surface area contributed by atoms with Crippen molar-refractivity contribution >= 4 is 36.2 Å². The van der Waals surface area contributed by atoms with Crippen molar-refractivity contribution in [3.05, 3.63) is 71.3 Å². The fourth-order valence-electron chi connectivity index (χ4n) is 3.63. The molecule has 0 bridgehead atoms. The number of nitrogens with zero attached hydrogens (tertiary/aromatic N) is 1. The van der Waals surface area contributed by atoms with Crippen LogP contribution in [0.15, 0.2) is 54.6 Å². The number of hydrogen-bond acceptors (Lipinski definition) is 5. The third-order valence-corrected chi connectivity index (χ3v) is 5.24. The number of carbonyl (C=O) groups is 3. The minimum absolute atomic E-state index is 0. The van der Waals surface area contributed by atoms with E-state index in [0.29, 0.717) is 18.5 Å². The van der Waals surface area contributed by atoms with E-state index >= 15 is 0 Å². The molecule has 0 aliphatic carbocycles. The fraction of sp³-hybridized carbons (Fsp3) is 0.304. The number of hydrogen-bond donors (Lipinski definition) is 4. The molecular weight excluding hydrogens is 448 g/mol. The summed E-state index contributed by atoms with van der Waals surface area (Å²) < 4.78 is 5.54. The minimum Gasteiger partial charge on any atom is -0.481 e. The van der Waals surface area contributed by atoms with Gasteiger partial charge in [-0.15, -0.1) is 12.4 Å². The summed E-state index contributed by atoms with van der Waals surface area (Å²) >= 11 is 0. The average Bonchev–Trinajstić information content (AvgIpc) is 2.76. The van der Waals surface area contributed by atoms with Gasteiger partial charge in [0, 0.05) is 25.1 Å². The molecule has 10 heteroatoms. The van der Waals surface area contributed by atoms with Gasteiger partial charge in [-0.3, -0.25) is 19.9 Å². The number of carboxylic acid groups (broad SMARTS) is 1. The Balaban J connectivity index is 0.00000385. The molecule has 1 heterocycles. The molecule has 2 amide bonds. The van der Waals surface area contributed by atoms with Gasteiger partial charge in [0.25, 0.3) is 0 Å². The Morgan fingerprint density at radius 2 is 1.82 bits per heavy atom. The average molecular weight is 475 g/mol. The molecule has 176 valence electrons. The number of amides is 2. The zero-order valence-electron chi connectivity index (χ0n) is 17.9. The summed E-state index contributed by atoms with van der Waals surface area (Å²) in [4.78, 5) is 37.3. The number of halogens is 1. The highest BCUT2D eigenvalue weighted by molar-refractivity contribution is 5.94. The van der Waals surface area contributed by atoms with Crippen LogP contribution in [0.1, 0.15) is 42.0 Å². The molecule has 1 fully saturated rings. The van der Waals surface area contributed by atoms with Gasteiger partial charge in [-0.25, -0.2) is 4.79 Å². The van der Waals surface area contributed by atoms with Gasteiger partial charge >= 0.3 is 12.1 Å². The van der Waals surface area contributed by atoms with Gasteiger partial charge in [0.1, 0.15) is 11.9 Å². The smallest absolute Gasteiger partial charge is 0.410 e. The van der Waals surface area contributed by atoms with E-state index in [2.05, 4.69) is 5.32 Å². The second-order valence-electron chi connectivity index (χ2n) is 7.60. The number of carboxylic acids is 1. The van der Waals surface area contributed by atoms with Crippen LogP contribution in [0, 0.1) is 5.41 Å². The monoisotopic (exact) mass is 474 g/mol. The lowest BCUT2D eigenvalue weighted by Crippen LogP contribution is -2.45. The predicted molar refractivity (Wildman–Crippen MR) is 124 cm³/mol. The summed E-state index contributed by atoms with van der Waals surface area (Å²) in [6.45, 7) is 0.362. The Labute approximate surface area is 197 Å². The molecule has 2 atom stereocenters. The van der Waals surface area contributed by atoms with Gasteiger partial charge in [0.15, 0.2) is 0 Å². The Morgan fingerprint density at radius 1 is 1.15 bits per heavy atom. The number of aliphatic carboxylic acids is 1. The zero-order chi connectivity index (χ0) is 23.1. The van der Waals surface area contributed by atoms with E-state index in [1.54, 1.807) is 17.0 Å². The Morgan fingerprint density at radius 3 is 2.42 bits per heavy atom. The number of nitrogens with one attached hydrogen (secondary N) is 2. The molecule has 1 saturated heterocycles. The van der Waals surface area contributed by atoms with Crippen LogP contribution in [0.5, 0.6) is 0 Å². The Bertz CT molecular complexity index is 984. The highest BCUT2D eigenvalue weighted by atomic mass is 35.5. The van der Waals surface area contributed by atoms with Gasteiger partial charge in [0.2, 0.25) is 5.91 Å². The molecule has 33 heavy (non-hydrogen) atoms. The summed E-state index contributed by atoms with van der Waals surface area (Å²) in [5.41, 5.74) is 7.92. The summed E-state index contributed by atoms with van der Waals surface area (Å²) in [6, 6.07) is 16.3. The number of ether oxygens (including phenoxy) is 1. The number of carbonyl (C=O) groups excluding carboxylic acids is 2. The molecular formula is C23H27ClN4O5. The van der Waals surface area contributed by atoms with Crippen LogP contribution in [-0.4, -0.2) is 46.5 Å². The highest BCUT2D eigenvalue weighted by Crippen LogP contribution is 2.34. The topological polar surface area (TPSA) is 146 Å². The van der Waals surface area contributed by atoms with Gasteiger partial charge in [0.05, 0.1) is 18.9 Å². The Hall–Kier alpha value is -3.59. The van der Waals surface area contributed by atoms with Crippen molar-refractivity contribution in [1.29, 1.82) is 5.41 Å². The lowest BCUT2D eigenvalue weighted by molar-refractivity contribution is -0.136. The number of amidine groups is 1. The second kappa shape index (κ2) is 11.9. The zero-order valence-corrected chi connectivity index (χ0v) is 18.7. The molecule has 0 unspecified atom stereocenters. The van der Waals surface area contributed by atoms with Crippen molar-refractivity contribution in [3.8, 4) is 0 Å². The van der Waals surface area contributed by atoms with Crippen molar-refractivity contribution in [2.45, 2.75) is 38.0 Å². The molecule has 2 aromatic rings. The maximum atomic E-state index is 12.9. The van der Waals surface area contributed by atoms with Crippen molar-refractivity contribution in [3.63, 3.8) is 0 Å². The molecule has 1 aliphatic heterocycles. The molecule has 9 nitrogen and oxygen atoms in total. The van der Waals surface area contributed by atoms with Crippen LogP contribution in [0.4, 0.5) is 4.79 Å². The minimum atomic E-state index is -1.000. The van der Waals surface area contributed by atoms with Gasteiger partial charge in [-0.05, 0) is 11.1 Å². The molecule has 2 aromatic carbocycles. The molecule has 0 aromatic heterocycles. The molecule has 0 radical (unpaired) electrons. The quantitative estimate of drug-likeness (QED) is 0.324. The maximum Gasteiger partial charge on any atom is 0.410 e. The first-order chi connectivity index (χ1) is 15.3.